The van der Waals surface area contributed by atoms with E-state index < -0.39 is 10.0 Å². The number of rotatable bonds is 6. The Morgan fingerprint density at radius 3 is 2.54 bits per heavy atom. The van der Waals surface area contributed by atoms with Crippen LogP contribution in [0.25, 0.3) is 0 Å². The second kappa shape index (κ2) is 7.72. The summed E-state index contributed by atoms with van der Waals surface area (Å²) in [4.78, 5) is 11.6. The molecule has 7 heteroatoms. The Balaban J connectivity index is 1.76. The molecule has 0 bridgehead atoms. The van der Waals surface area contributed by atoms with Gasteiger partial charge in [-0.25, -0.2) is 8.42 Å². The van der Waals surface area contributed by atoms with Crippen LogP contribution in [0.3, 0.4) is 0 Å². The molecule has 1 aliphatic heterocycles. The van der Waals surface area contributed by atoms with Crippen LogP contribution in [0.5, 0.6) is 0 Å². The van der Waals surface area contributed by atoms with Crippen molar-refractivity contribution in [1.29, 1.82) is 0 Å². The highest BCUT2D eigenvalue weighted by Gasteiger charge is 2.23. The highest BCUT2D eigenvalue weighted by molar-refractivity contribution is 8.00. The van der Waals surface area contributed by atoms with Crippen LogP contribution in [0.15, 0.2) is 53.4 Å². The van der Waals surface area contributed by atoms with Crippen molar-refractivity contribution in [3.63, 3.8) is 0 Å². The molecule has 1 aliphatic rings. The summed E-state index contributed by atoms with van der Waals surface area (Å²) >= 11 is 1.50. The SMILES string of the molecule is CC(C)Cc1ccc(S(=O)(=O)Nc2cccc(C3NC(=O)CS3)c2)cc1. The molecule has 0 aliphatic carbocycles. The lowest BCUT2D eigenvalue weighted by Gasteiger charge is -2.13. The molecule has 2 aromatic carbocycles. The first kappa shape index (κ1) is 18.8. The summed E-state index contributed by atoms with van der Waals surface area (Å²) < 4.78 is 27.9. The third kappa shape index (κ3) is 4.59. The monoisotopic (exact) mass is 390 g/mol. The van der Waals surface area contributed by atoms with E-state index in [9.17, 15) is 13.2 Å². The molecule has 3 rings (SSSR count). The zero-order valence-electron chi connectivity index (χ0n) is 14.7. The number of carbonyl (C=O) groups excluding carboxylic acids is 1. The van der Waals surface area contributed by atoms with E-state index in [1.807, 2.05) is 18.2 Å². The number of nitrogens with one attached hydrogen (secondary N) is 2. The maximum Gasteiger partial charge on any atom is 0.261 e. The molecular formula is C19H22N2O3S2. The maximum absolute atomic E-state index is 12.6. The number of hydrogen-bond donors (Lipinski definition) is 2. The molecule has 1 fully saturated rings. The zero-order valence-corrected chi connectivity index (χ0v) is 16.4. The van der Waals surface area contributed by atoms with Crippen molar-refractivity contribution in [1.82, 2.24) is 5.32 Å². The minimum Gasteiger partial charge on any atom is -0.339 e. The average molecular weight is 391 g/mol. The fraction of sp³-hybridized carbons (Fsp3) is 0.316. The Labute approximate surface area is 158 Å². The predicted molar refractivity (Wildman–Crippen MR) is 106 cm³/mol. The molecule has 1 unspecified atom stereocenters. The zero-order chi connectivity index (χ0) is 18.7. The van der Waals surface area contributed by atoms with Crippen LogP contribution in [0, 0.1) is 5.92 Å². The smallest absolute Gasteiger partial charge is 0.261 e. The summed E-state index contributed by atoms with van der Waals surface area (Å²) in [5.74, 6) is 0.934. The predicted octanol–water partition coefficient (Wildman–Crippen LogP) is 3.55. The van der Waals surface area contributed by atoms with Crippen LogP contribution < -0.4 is 10.0 Å². The summed E-state index contributed by atoms with van der Waals surface area (Å²) in [6.45, 7) is 4.26. The van der Waals surface area contributed by atoms with E-state index in [-0.39, 0.29) is 16.2 Å². The van der Waals surface area contributed by atoms with Crippen molar-refractivity contribution in [2.24, 2.45) is 5.92 Å². The van der Waals surface area contributed by atoms with Crippen LogP contribution in [-0.4, -0.2) is 20.1 Å². The van der Waals surface area contributed by atoms with Gasteiger partial charge in [-0.05, 0) is 47.7 Å². The van der Waals surface area contributed by atoms with Crippen molar-refractivity contribution >= 4 is 33.4 Å². The van der Waals surface area contributed by atoms with Crippen molar-refractivity contribution in [3.8, 4) is 0 Å². The Hall–Kier alpha value is -1.99. The highest BCUT2D eigenvalue weighted by atomic mass is 32.2. The van der Waals surface area contributed by atoms with Gasteiger partial charge in [0.25, 0.3) is 10.0 Å². The van der Waals surface area contributed by atoms with E-state index in [1.165, 1.54) is 11.8 Å². The Kier molecular flexibility index (Phi) is 5.58. The van der Waals surface area contributed by atoms with Gasteiger partial charge in [0.05, 0.1) is 10.6 Å². The van der Waals surface area contributed by atoms with Gasteiger partial charge in [0.15, 0.2) is 0 Å². The molecule has 1 amide bonds. The van der Waals surface area contributed by atoms with Crippen molar-refractivity contribution < 1.29 is 13.2 Å². The molecule has 0 aromatic heterocycles. The minimum atomic E-state index is -3.65. The van der Waals surface area contributed by atoms with Gasteiger partial charge in [0.1, 0.15) is 5.37 Å². The first-order chi connectivity index (χ1) is 12.3. The number of sulfonamides is 1. The Morgan fingerprint density at radius 2 is 1.92 bits per heavy atom. The molecule has 5 nitrogen and oxygen atoms in total. The Morgan fingerprint density at radius 1 is 1.19 bits per heavy atom. The first-order valence-corrected chi connectivity index (χ1v) is 11.0. The summed E-state index contributed by atoms with van der Waals surface area (Å²) in [5.41, 5.74) is 2.47. The number of carbonyl (C=O) groups is 1. The van der Waals surface area contributed by atoms with Crippen LogP contribution in [-0.2, 0) is 21.2 Å². The number of thioether (sulfide) groups is 1. The second-order valence-corrected chi connectivity index (χ2v) is 9.51. The lowest BCUT2D eigenvalue weighted by atomic mass is 10.0. The number of amides is 1. The number of hydrogen-bond acceptors (Lipinski definition) is 4. The van der Waals surface area contributed by atoms with Gasteiger partial charge in [-0.1, -0.05) is 38.1 Å². The molecule has 138 valence electrons. The molecule has 0 saturated carbocycles. The second-order valence-electron chi connectivity index (χ2n) is 6.73. The first-order valence-electron chi connectivity index (χ1n) is 8.46. The molecule has 2 N–H and O–H groups in total. The van der Waals surface area contributed by atoms with Crippen molar-refractivity contribution in [2.45, 2.75) is 30.5 Å². The van der Waals surface area contributed by atoms with Crippen LogP contribution >= 0.6 is 11.8 Å². The standard InChI is InChI=1S/C19H22N2O3S2/c1-13(2)10-14-6-8-17(9-7-14)26(23,24)21-16-5-3-4-15(11-16)19-20-18(22)12-25-19/h3-9,11,13,19,21H,10,12H2,1-2H3,(H,20,22). The Bertz CT molecular complexity index is 893. The highest BCUT2D eigenvalue weighted by Crippen LogP contribution is 2.32. The van der Waals surface area contributed by atoms with Gasteiger partial charge >= 0.3 is 0 Å². The third-order valence-corrected chi connectivity index (χ3v) is 6.54. The number of benzene rings is 2. The van der Waals surface area contributed by atoms with Crippen LogP contribution in [0.4, 0.5) is 5.69 Å². The van der Waals surface area contributed by atoms with Crippen molar-refractivity contribution in [2.75, 3.05) is 10.5 Å². The average Bonchev–Trinajstić information content (AvgIpc) is 3.01. The van der Waals surface area contributed by atoms with Crippen LogP contribution in [0.2, 0.25) is 0 Å². The quantitative estimate of drug-likeness (QED) is 0.791. The molecule has 1 heterocycles. The molecule has 1 saturated heterocycles. The molecule has 0 radical (unpaired) electrons. The molecular weight excluding hydrogens is 368 g/mol. The maximum atomic E-state index is 12.6. The fourth-order valence-corrected chi connectivity index (χ4v) is 4.83. The third-order valence-electron chi connectivity index (χ3n) is 3.99. The van der Waals surface area contributed by atoms with E-state index in [0.29, 0.717) is 17.4 Å². The molecule has 26 heavy (non-hydrogen) atoms. The van der Waals surface area contributed by atoms with Gasteiger partial charge in [0.2, 0.25) is 5.91 Å². The molecule has 2 aromatic rings. The van der Waals surface area contributed by atoms with Crippen molar-refractivity contribution in [3.05, 3.63) is 59.7 Å². The molecule has 0 spiro atoms. The minimum absolute atomic E-state index is 0.00697. The van der Waals surface area contributed by atoms with Gasteiger partial charge in [0, 0.05) is 5.69 Å². The van der Waals surface area contributed by atoms with Gasteiger partial charge < -0.3 is 5.32 Å². The van der Waals surface area contributed by atoms with E-state index in [1.54, 1.807) is 30.3 Å². The van der Waals surface area contributed by atoms with E-state index in [0.717, 1.165) is 17.5 Å². The van der Waals surface area contributed by atoms with Gasteiger partial charge in [-0.2, -0.15) is 0 Å². The largest absolute Gasteiger partial charge is 0.339 e. The summed E-state index contributed by atoms with van der Waals surface area (Å²) in [7, 11) is -3.65. The lowest BCUT2D eigenvalue weighted by Crippen LogP contribution is -2.19. The normalized spacial score (nSPS) is 17.3. The molecule has 1 atom stereocenters. The fourth-order valence-electron chi connectivity index (χ4n) is 2.82. The number of anilines is 1. The van der Waals surface area contributed by atoms with Gasteiger partial charge in [-0.3, -0.25) is 9.52 Å². The summed E-state index contributed by atoms with van der Waals surface area (Å²) in [6, 6.07) is 14.1. The van der Waals surface area contributed by atoms with Gasteiger partial charge in [-0.15, -0.1) is 11.8 Å². The lowest BCUT2D eigenvalue weighted by molar-refractivity contribution is -0.118. The summed E-state index contributed by atoms with van der Waals surface area (Å²) in [5, 5.41) is 2.72. The summed E-state index contributed by atoms with van der Waals surface area (Å²) in [6.07, 6.45) is 0.917. The topological polar surface area (TPSA) is 75.3 Å². The van der Waals surface area contributed by atoms with Crippen LogP contribution in [0.1, 0.15) is 30.3 Å². The van der Waals surface area contributed by atoms with E-state index in [2.05, 4.69) is 23.9 Å². The van der Waals surface area contributed by atoms with E-state index >= 15 is 0 Å². The van der Waals surface area contributed by atoms with E-state index in [4.69, 9.17) is 0 Å².